The summed E-state index contributed by atoms with van der Waals surface area (Å²) >= 11 is 5.90. The molecule has 3 aliphatic rings. The van der Waals surface area contributed by atoms with E-state index in [2.05, 4.69) is 53.9 Å². The Morgan fingerprint density at radius 2 is 1.64 bits per heavy atom. The number of hydrogen-bond acceptors (Lipinski definition) is 3. The van der Waals surface area contributed by atoms with Crippen LogP contribution in [-0.2, 0) is 17.6 Å². The first kappa shape index (κ1) is 23.9. The van der Waals surface area contributed by atoms with Crippen LogP contribution in [0.15, 0.2) is 97.4 Å². The van der Waals surface area contributed by atoms with Gasteiger partial charge in [0.05, 0.1) is 0 Å². The lowest BCUT2D eigenvalue weighted by Crippen LogP contribution is -2.37. The fourth-order valence-corrected chi connectivity index (χ4v) is 4.90. The summed E-state index contributed by atoms with van der Waals surface area (Å²) in [6.07, 6.45) is 18.7. The molecule has 36 heavy (non-hydrogen) atoms. The molecular weight excluding hydrogens is 466 g/mol. The van der Waals surface area contributed by atoms with Crippen molar-refractivity contribution in [1.82, 2.24) is 5.32 Å². The minimum Gasteiger partial charge on any atom is -0.486 e. The number of Topliss-reactive ketones (excluding diaryl/α,β-unsaturated/α-hetero) is 1. The van der Waals surface area contributed by atoms with Gasteiger partial charge in [-0.3, -0.25) is 4.79 Å². The number of ether oxygens (including phenoxy) is 1. The summed E-state index contributed by atoms with van der Waals surface area (Å²) in [5.74, 6) is 0.688. The topological polar surface area (TPSA) is 38.3 Å². The van der Waals surface area contributed by atoms with Gasteiger partial charge in [-0.1, -0.05) is 72.3 Å². The minimum atomic E-state index is -0.105. The molecule has 2 aliphatic carbocycles. The van der Waals surface area contributed by atoms with Crippen LogP contribution in [0.3, 0.4) is 0 Å². The molecule has 4 heteroatoms. The number of halogens is 1. The minimum absolute atomic E-state index is 0.0830. The molecule has 0 radical (unpaired) electrons. The Balaban J connectivity index is 0.000000330. The van der Waals surface area contributed by atoms with Gasteiger partial charge < -0.3 is 10.1 Å². The van der Waals surface area contributed by atoms with Crippen molar-refractivity contribution in [2.24, 2.45) is 5.92 Å². The van der Waals surface area contributed by atoms with Crippen molar-refractivity contribution in [2.45, 2.75) is 19.3 Å². The SMILES string of the molecule is C1=CC=CNC=C1.O=C(COc1ccc(Cl)cc1)C1C=c2c(ccc3c2=CCc2ccccc2-3)CC1. The van der Waals surface area contributed by atoms with E-state index in [1.807, 2.05) is 36.7 Å². The zero-order valence-electron chi connectivity index (χ0n) is 20.0. The number of aryl methyl sites for hydroxylation is 1. The molecule has 0 saturated carbocycles. The van der Waals surface area contributed by atoms with E-state index in [1.54, 1.807) is 24.3 Å². The van der Waals surface area contributed by atoms with Crippen molar-refractivity contribution in [2.75, 3.05) is 6.61 Å². The van der Waals surface area contributed by atoms with Crippen LogP contribution in [0.5, 0.6) is 5.75 Å². The van der Waals surface area contributed by atoms with Crippen LogP contribution in [0.4, 0.5) is 0 Å². The van der Waals surface area contributed by atoms with E-state index >= 15 is 0 Å². The number of benzene rings is 3. The first-order chi connectivity index (χ1) is 17.7. The Labute approximate surface area is 216 Å². The van der Waals surface area contributed by atoms with E-state index in [1.165, 1.54) is 32.7 Å². The van der Waals surface area contributed by atoms with Gasteiger partial charge in [-0.2, -0.15) is 0 Å². The maximum absolute atomic E-state index is 12.8. The number of allylic oxidation sites excluding steroid dienone is 4. The third-order valence-corrected chi connectivity index (χ3v) is 6.88. The third kappa shape index (κ3) is 5.53. The molecule has 0 spiro atoms. The molecule has 3 aromatic carbocycles. The van der Waals surface area contributed by atoms with E-state index in [-0.39, 0.29) is 18.3 Å². The predicted molar refractivity (Wildman–Crippen MR) is 148 cm³/mol. The fraction of sp³-hybridized carbons (Fsp3) is 0.156. The van der Waals surface area contributed by atoms with Crippen LogP contribution in [0, 0.1) is 5.92 Å². The van der Waals surface area contributed by atoms with Crippen LogP contribution >= 0.6 is 11.6 Å². The van der Waals surface area contributed by atoms with Crippen molar-refractivity contribution in [3.05, 3.63) is 124 Å². The van der Waals surface area contributed by atoms with Crippen LogP contribution in [0.25, 0.3) is 23.3 Å². The molecule has 3 nitrogen and oxygen atoms in total. The van der Waals surface area contributed by atoms with Crippen LogP contribution in [0.1, 0.15) is 17.5 Å². The highest BCUT2D eigenvalue weighted by Crippen LogP contribution is 2.25. The molecule has 180 valence electrons. The molecule has 0 amide bonds. The second-order valence-corrected chi connectivity index (χ2v) is 9.39. The number of carbonyl (C=O) groups is 1. The Kier molecular flexibility index (Phi) is 7.49. The zero-order valence-corrected chi connectivity index (χ0v) is 20.7. The quantitative estimate of drug-likeness (QED) is 0.521. The predicted octanol–water partition coefficient (Wildman–Crippen LogP) is 5.51. The summed E-state index contributed by atoms with van der Waals surface area (Å²) in [5.41, 5.74) is 5.27. The van der Waals surface area contributed by atoms with E-state index in [9.17, 15) is 4.79 Å². The summed E-state index contributed by atoms with van der Waals surface area (Å²) in [7, 11) is 0. The van der Waals surface area contributed by atoms with Gasteiger partial charge in [-0.25, -0.2) is 0 Å². The van der Waals surface area contributed by atoms with Gasteiger partial charge in [0.25, 0.3) is 0 Å². The molecule has 0 aromatic heterocycles. The normalized spacial score (nSPS) is 16.4. The third-order valence-electron chi connectivity index (χ3n) is 6.63. The standard InChI is InChI=1S/C26H21ClO2.C6H7N/c27-20-9-11-21(12-10-20)29-16-26(28)19-6-5-18-8-13-23-22-4-2-1-3-17(22)7-14-24(23)25(18)15-19;1-2-4-6-7-5-3-1/h1-4,8-15,19H,5-7,16H2;1-7H. The highest BCUT2D eigenvalue weighted by Gasteiger charge is 2.22. The van der Waals surface area contributed by atoms with Crippen molar-refractivity contribution >= 4 is 29.5 Å². The summed E-state index contributed by atoms with van der Waals surface area (Å²) in [6.45, 7) is 0.0830. The number of rotatable bonds is 4. The smallest absolute Gasteiger partial charge is 0.177 e. The van der Waals surface area contributed by atoms with Crippen molar-refractivity contribution in [3.63, 3.8) is 0 Å². The van der Waals surface area contributed by atoms with E-state index in [0.29, 0.717) is 10.8 Å². The Morgan fingerprint density at radius 1 is 0.861 bits per heavy atom. The first-order valence-electron chi connectivity index (χ1n) is 12.3. The van der Waals surface area contributed by atoms with Gasteiger partial charge in [0.15, 0.2) is 5.78 Å². The highest BCUT2D eigenvalue weighted by molar-refractivity contribution is 6.30. The molecule has 0 fully saturated rings. The molecule has 3 aromatic rings. The molecule has 0 bridgehead atoms. The Hall–Kier alpha value is -3.82. The summed E-state index contributed by atoms with van der Waals surface area (Å²) in [5, 5.41) is 6.08. The number of nitrogens with one attached hydrogen (secondary N) is 1. The summed E-state index contributed by atoms with van der Waals surface area (Å²) in [6, 6.07) is 20.2. The number of hydrogen-bond donors (Lipinski definition) is 1. The fourth-order valence-electron chi connectivity index (χ4n) is 4.77. The molecule has 1 N–H and O–H groups in total. The monoisotopic (exact) mass is 493 g/mol. The molecular formula is C32H28ClNO2. The van der Waals surface area contributed by atoms with Gasteiger partial charge in [-0.15, -0.1) is 0 Å². The lowest BCUT2D eigenvalue weighted by molar-refractivity contribution is -0.123. The van der Waals surface area contributed by atoms with Gasteiger partial charge >= 0.3 is 0 Å². The summed E-state index contributed by atoms with van der Waals surface area (Å²) in [4.78, 5) is 12.8. The molecule has 1 unspecified atom stereocenters. The maximum Gasteiger partial charge on any atom is 0.177 e. The number of ketones is 1. The second kappa shape index (κ2) is 11.3. The Morgan fingerprint density at radius 3 is 2.44 bits per heavy atom. The van der Waals surface area contributed by atoms with E-state index in [0.717, 1.165) is 19.3 Å². The van der Waals surface area contributed by atoms with Crippen molar-refractivity contribution in [1.29, 1.82) is 0 Å². The number of fused-ring (bicyclic) bond motifs is 5. The van der Waals surface area contributed by atoms with E-state index < -0.39 is 0 Å². The average Bonchev–Trinajstić information content (AvgIpc) is 3.26. The average molecular weight is 494 g/mol. The largest absolute Gasteiger partial charge is 0.486 e. The number of carbonyl (C=O) groups excluding carboxylic acids is 1. The first-order valence-corrected chi connectivity index (χ1v) is 12.6. The maximum atomic E-state index is 12.8. The highest BCUT2D eigenvalue weighted by atomic mass is 35.5. The lowest BCUT2D eigenvalue weighted by atomic mass is 9.83. The molecule has 1 atom stereocenters. The van der Waals surface area contributed by atoms with Crippen LogP contribution in [-0.4, -0.2) is 12.4 Å². The zero-order chi connectivity index (χ0) is 24.7. The Bertz CT molecular complexity index is 1450. The van der Waals surface area contributed by atoms with Crippen molar-refractivity contribution in [3.8, 4) is 16.9 Å². The molecule has 1 aliphatic heterocycles. The van der Waals surface area contributed by atoms with Gasteiger partial charge in [0, 0.05) is 23.3 Å². The lowest BCUT2D eigenvalue weighted by Gasteiger charge is -2.21. The second-order valence-electron chi connectivity index (χ2n) is 8.96. The van der Waals surface area contributed by atoms with Gasteiger partial charge in [0.1, 0.15) is 12.4 Å². The molecule has 6 rings (SSSR count). The van der Waals surface area contributed by atoms with Gasteiger partial charge in [-0.05, 0) is 88.4 Å². The van der Waals surface area contributed by atoms with Crippen molar-refractivity contribution < 1.29 is 9.53 Å². The van der Waals surface area contributed by atoms with Gasteiger partial charge in [0.2, 0.25) is 0 Å². The molecule has 1 heterocycles. The summed E-state index contributed by atoms with van der Waals surface area (Å²) < 4.78 is 5.69. The van der Waals surface area contributed by atoms with E-state index in [4.69, 9.17) is 16.3 Å². The van der Waals surface area contributed by atoms with Crippen LogP contribution < -0.4 is 20.5 Å². The molecule has 0 saturated heterocycles. The van der Waals surface area contributed by atoms with Crippen LogP contribution in [0.2, 0.25) is 5.02 Å².